The van der Waals surface area contributed by atoms with Crippen molar-refractivity contribution in [3.05, 3.63) is 47.5 Å². The number of hydrogen-bond donors (Lipinski definition) is 1. The molecule has 0 spiro atoms. The molecule has 0 radical (unpaired) electrons. The summed E-state index contributed by atoms with van der Waals surface area (Å²) in [6, 6.07) is 13.6. The molecule has 2 heterocycles. The second kappa shape index (κ2) is 4.99. The van der Waals surface area contributed by atoms with Crippen molar-refractivity contribution in [2.75, 3.05) is 0 Å². The first kappa shape index (κ1) is 13.9. The van der Waals surface area contributed by atoms with Crippen LogP contribution in [0, 0.1) is 17.8 Å². The Kier molecular flexibility index (Phi) is 2.89. The van der Waals surface area contributed by atoms with Crippen molar-refractivity contribution in [2.24, 2.45) is 16.6 Å². The Bertz CT molecular complexity index is 1070. The SMILES string of the molecule is CC#Cc1ccc2sc3ccc(C4N=C(N)OC5CC54)cc3c2c1. The molecular formula is C20H16N2OS. The van der Waals surface area contributed by atoms with Crippen molar-refractivity contribution < 1.29 is 4.74 Å². The first-order valence-electron chi connectivity index (χ1n) is 8.12. The summed E-state index contributed by atoms with van der Waals surface area (Å²) in [7, 11) is 0. The van der Waals surface area contributed by atoms with Gasteiger partial charge in [0.15, 0.2) is 0 Å². The van der Waals surface area contributed by atoms with Gasteiger partial charge in [-0.15, -0.1) is 17.3 Å². The predicted molar refractivity (Wildman–Crippen MR) is 99.2 cm³/mol. The fraction of sp³-hybridized carbons (Fsp3) is 0.250. The Morgan fingerprint density at radius 2 is 1.96 bits per heavy atom. The molecule has 2 aliphatic rings. The third kappa shape index (κ3) is 2.09. The molecule has 118 valence electrons. The zero-order valence-electron chi connectivity index (χ0n) is 13.2. The maximum Gasteiger partial charge on any atom is 0.282 e. The minimum Gasteiger partial charge on any atom is -0.462 e. The fourth-order valence-electron chi connectivity index (χ4n) is 3.60. The molecule has 2 N–H and O–H groups in total. The van der Waals surface area contributed by atoms with Gasteiger partial charge in [-0.3, -0.25) is 0 Å². The summed E-state index contributed by atoms with van der Waals surface area (Å²) in [6.07, 6.45) is 1.31. The van der Waals surface area contributed by atoms with Gasteiger partial charge >= 0.3 is 0 Å². The van der Waals surface area contributed by atoms with Gasteiger partial charge in [-0.1, -0.05) is 12.0 Å². The molecule has 0 bridgehead atoms. The van der Waals surface area contributed by atoms with Crippen LogP contribution in [-0.4, -0.2) is 12.1 Å². The van der Waals surface area contributed by atoms with Crippen LogP contribution in [0.4, 0.5) is 0 Å². The van der Waals surface area contributed by atoms with Gasteiger partial charge in [0.05, 0.1) is 6.04 Å². The number of nitrogens with two attached hydrogens (primary N) is 1. The minimum atomic E-state index is 0.127. The lowest BCUT2D eigenvalue weighted by molar-refractivity contribution is 0.236. The van der Waals surface area contributed by atoms with Gasteiger partial charge in [0.1, 0.15) is 6.10 Å². The Morgan fingerprint density at radius 3 is 2.79 bits per heavy atom. The van der Waals surface area contributed by atoms with Crippen LogP contribution >= 0.6 is 11.3 Å². The average molecular weight is 332 g/mol. The molecule has 4 heteroatoms. The molecule has 3 aromatic rings. The molecule has 1 aliphatic carbocycles. The Balaban J connectivity index is 1.68. The molecule has 5 rings (SSSR count). The lowest BCUT2D eigenvalue weighted by Crippen LogP contribution is -2.24. The Hall–Kier alpha value is -2.51. The molecule has 1 fully saturated rings. The molecule has 1 saturated carbocycles. The van der Waals surface area contributed by atoms with Gasteiger partial charge in [0.25, 0.3) is 6.02 Å². The number of fused-ring (bicyclic) bond motifs is 4. The monoisotopic (exact) mass is 332 g/mol. The van der Waals surface area contributed by atoms with E-state index in [1.807, 2.05) is 18.3 Å². The fourth-order valence-corrected chi connectivity index (χ4v) is 4.67. The number of ether oxygens (including phenoxy) is 1. The van der Waals surface area contributed by atoms with E-state index < -0.39 is 0 Å². The van der Waals surface area contributed by atoms with E-state index in [0.717, 1.165) is 12.0 Å². The molecule has 3 nitrogen and oxygen atoms in total. The van der Waals surface area contributed by atoms with E-state index in [0.29, 0.717) is 11.9 Å². The summed E-state index contributed by atoms with van der Waals surface area (Å²) in [5.74, 6) is 6.60. The summed E-state index contributed by atoms with van der Waals surface area (Å²) in [5.41, 5.74) is 8.12. The number of aliphatic imine (C=N–C) groups is 1. The first-order chi connectivity index (χ1) is 11.7. The van der Waals surface area contributed by atoms with Crippen LogP contribution in [-0.2, 0) is 4.74 Å². The molecule has 0 saturated heterocycles. The topological polar surface area (TPSA) is 47.6 Å². The number of benzene rings is 2. The summed E-state index contributed by atoms with van der Waals surface area (Å²) in [5, 5.41) is 2.55. The molecule has 0 amide bonds. The smallest absolute Gasteiger partial charge is 0.282 e. The van der Waals surface area contributed by atoms with Crippen molar-refractivity contribution in [1.82, 2.24) is 0 Å². The number of amidine groups is 1. The summed E-state index contributed by atoms with van der Waals surface area (Å²) in [6.45, 7) is 1.87. The highest BCUT2D eigenvalue weighted by atomic mass is 32.1. The molecule has 3 unspecified atom stereocenters. The van der Waals surface area contributed by atoms with E-state index in [1.165, 1.54) is 25.7 Å². The highest BCUT2D eigenvalue weighted by Crippen LogP contribution is 2.49. The van der Waals surface area contributed by atoms with Crippen molar-refractivity contribution in [3.63, 3.8) is 0 Å². The highest BCUT2D eigenvalue weighted by Gasteiger charge is 2.49. The second-order valence-corrected chi connectivity index (χ2v) is 7.50. The summed E-state index contributed by atoms with van der Waals surface area (Å²) < 4.78 is 8.10. The molecule has 3 atom stereocenters. The van der Waals surface area contributed by atoms with E-state index in [-0.39, 0.29) is 12.1 Å². The second-order valence-electron chi connectivity index (χ2n) is 6.41. The van der Waals surface area contributed by atoms with E-state index >= 15 is 0 Å². The number of hydrogen-bond acceptors (Lipinski definition) is 4. The van der Waals surface area contributed by atoms with Crippen LogP contribution < -0.4 is 5.73 Å². The molecule has 1 aromatic heterocycles. The summed E-state index contributed by atoms with van der Waals surface area (Å²) >= 11 is 1.82. The zero-order chi connectivity index (χ0) is 16.3. The van der Waals surface area contributed by atoms with Crippen LogP contribution in [0.25, 0.3) is 20.2 Å². The number of nitrogens with zero attached hydrogens (tertiary/aromatic N) is 1. The average Bonchev–Trinajstić information content (AvgIpc) is 3.26. The quantitative estimate of drug-likeness (QED) is 0.679. The van der Waals surface area contributed by atoms with Gasteiger partial charge in [0.2, 0.25) is 0 Å². The lowest BCUT2D eigenvalue weighted by atomic mass is 9.99. The minimum absolute atomic E-state index is 0.127. The largest absolute Gasteiger partial charge is 0.462 e. The maximum absolute atomic E-state index is 5.83. The van der Waals surface area contributed by atoms with Gasteiger partial charge in [-0.05, 0) is 49.2 Å². The normalized spacial score (nSPS) is 24.7. The Labute approximate surface area is 144 Å². The molecule has 24 heavy (non-hydrogen) atoms. The van der Waals surface area contributed by atoms with E-state index in [9.17, 15) is 0 Å². The lowest BCUT2D eigenvalue weighted by Gasteiger charge is -2.19. The molecular weight excluding hydrogens is 316 g/mol. The summed E-state index contributed by atoms with van der Waals surface area (Å²) in [4.78, 5) is 4.55. The van der Waals surface area contributed by atoms with E-state index in [4.69, 9.17) is 10.5 Å². The standard InChI is InChI=1S/C20H16N2OS/c1-2-3-11-4-6-17-13(8-11)14-9-12(5-7-18(14)24-17)19-15-10-16(15)23-20(21)22-19/h4-9,15-16,19H,10H2,1H3,(H2,21,22). The van der Waals surface area contributed by atoms with Gasteiger partial charge < -0.3 is 10.5 Å². The predicted octanol–water partition coefficient (Wildman–Crippen LogP) is 4.20. The van der Waals surface area contributed by atoms with Crippen LogP contribution in [0.3, 0.4) is 0 Å². The zero-order valence-corrected chi connectivity index (χ0v) is 14.1. The maximum atomic E-state index is 5.83. The van der Waals surface area contributed by atoms with Gasteiger partial charge in [0, 0.05) is 31.7 Å². The van der Waals surface area contributed by atoms with Crippen molar-refractivity contribution in [1.29, 1.82) is 0 Å². The molecule has 1 aliphatic heterocycles. The Morgan fingerprint density at radius 1 is 1.17 bits per heavy atom. The third-order valence-electron chi connectivity index (χ3n) is 4.83. The van der Waals surface area contributed by atoms with Crippen molar-refractivity contribution >= 4 is 37.5 Å². The van der Waals surface area contributed by atoms with Gasteiger partial charge in [-0.2, -0.15) is 0 Å². The van der Waals surface area contributed by atoms with Crippen LogP contribution in [0.5, 0.6) is 0 Å². The highest BCUT2D eigenvalue weighted by molar-refractivity contribution is 7.25. The number of thiophene rings is 1. The molecule has 2 aromatic carbocycles. The van der Waals surface area contributed by atoms with Crippen molar-refractivity contribution in [2.45, 2.75) is 25.5 Å². The van der Waals surface area contributed by atoms with E-state index in [1.54, 1.807) is 0 Å². The van der Waals surface area contributed by atoms with E-state index in [2.05, 4.69) is 53.2 Å². The number of rotatable bonds is 1. The third-order valence-corrected chi connectivity index (χ3v) is 5.98. The van der Waals surface area contributed by atoms with Gasteiger partial charge in [-0.25, -0.2) is 4.99 Å². The van der Waals surface area contributed by atoms with Crippen LogP contribution in [0.15, 0.2) is 41.4 Å². The van der Waals surface area contributed by atoms with Crippen LogP contribution in [0.2, 0.25) is 0 Å². The first-order valence-corrected chi connectivity index (χ1v) is 8.93. The van der Waals surface area contributed by atoms with Crippen molar-refractivity contribution in [3.8, 4) is 11.8 Å². The van der Waals surface area contributed by atoms with Crippen LogP contribution in [0.1, 0.15) is 30.5 Å².